The second-order valence-corrected chi connectivity index (χ2v) is 22.7. The van der Waals surface area contributed by atoms with Crippen molar-refractivity contribution in [2.45, 2.75) is 374 Å². The molecule has 6 nitrogen and oxygen atoms in total. The number of rotatable bonds is 62. The van der Waals surface area contributed by atoms with E-state index in [0.717, 1.165) is 77.0 Å². The highest BCUT2D eigenvalue weighted by Crippen LogP contribution is 2.18. The Morgan fingerprint density at radius 2 is 0.480 bits per heavy atom. The van der Waals surface area contributed by atoms with Gasteiger partial charge < -0.3 is 14.2 Å². The van der Waals surface area contributed by atoms with E-state index < -0.39 is 6.10 Å². The van der Waals surface area contributed by atoms with Crippen LogP contribution in [-0.4, -0.2) is 37.2 Å². The molecule has 0 bridgehead atoms. The zero-order chi connectivity index (χ0) is 54.3. The number of carbonyl (C=O) groups excluding carboxylic acids is 3. The van der Waals surface area contributed by atoms with Gasteiger partial charge in [-0.2, -0.15) is 0 Å². The molecule has 0 saturated heterocycles. The zero-order valence-electron chi connectivity index (χ0n) is 50.6. The molecular weight excluding hydrogens is 925 g/mol. The van der Waals surface area contributed by atoms with Gasteiger partial charge in [0.15, 0.2) is 6.10 Å². The lowest BCUT2D eigenvalue weighted by molar-refractivity contribution is -0.167. The van der Waals surface area contributed by atoms with Crippen molar-refractivity contribution in [1.82, 2.24) is 0 Å². The number of ether oxygens (including phenoxy) is 3. The molecule has 0 saturated carbocycles. The van der Waals surface area contributed by atoms with E-state index in [1.807, 2.05) is 0 Å². The number of hydrogen-bond donors (Lipinski definition) is 0. The van der Waals surface area contributed by atoms with Crippen molar-refractivity contribution < 1.29 is 28.6 Å². The Morgan fingerprint density at radius 1 is 0.267 bits per heavy atom. The molecule has 0 aliphatic heterocycles. The van der Waals surface area contributed by atoms with Gasteiger partial charge in [-0.3, -0.25) is 14.4 Å². The van der Waals surface area contributed by atoms with E-state index in [1.165, 1.54) is 250 Å². The first-order valence-corrected chi connectivity index (χ1v) is 33.5. The predicted octanol–water partition coefficient (Wildman–Crippen LogP) is 22.8. The van der Waals surface area contributed by atoms with E-state index in [9.17, 15) is 14.4 Å². The van der Waals surface area contributed by atoms with Crippen LogP contribution in [0.2, 0.25) is 0 Å². The van der Waals surface area contributed by atoms with Crippen LogP contribution in [0.3, 0.4) is 0 Å². The largest absolute Gasteiger partial charge is 0.462 e. The number of hydrogen-bond acceptors (Lipinski definition) is 6. The second kappa shape index (κ2) is 64.2. The molecule has 0 aromatic heterocycles. The molecule has 0 aromatic carbocycles. The van der Waals surface area contributed by atoms with Gasteiger partial charge in [0.1, 0.15) is 13.2 Å². The minimum absolute atomic E-state index is 0.0706. The molecule has 1 unspecified atom stereocenters. The highest BCUT2D eigenvalue weighted by Gasteiger charge is 2.19. The number of carbonyl (C=O) groups is 3. The van der Waals surface area contributed by atoms with E-state index in [2.05, 4.69) is 57.2 Å². The summed E-state index contributed by atoms with van der Waals surface area (Å²) < 4.78 is 16.9. The summed E-state index contributed by atoms with van der Waals surface area (Å²) in [7, 11) is 0. The van der Waals surface area contributed by atoms with E-state index >= 15 is 0 Å². The zero-order valence-corrected chi connectivity index (χ0v) is 50.6. The van der Waals surface area contributed by atoms with Gasteiger partial charge in [0.2, 0.25) is 0 Å². The van der Waals surface area contributed by atoms with E-state index in [-0.39, 0.29) is 31.1 Å². The second-order valence-electron chi connectivity index (χ2n) is 22.7. The molecule has 0 spiro atoms. The molecule has 75 heavy (non-hydrogen) atoms. The van der Waals surface area contributed by atoms with Gasteiger partial charge in [-0.05, 0) is 57.8 Å². The summed E-state index contributed by atoms with van der Waals surface area (Å²) in [5.41, 5.74) is 0. The van der Waals surface area contributed by atoms with Crippen molar-refractivity contribution in [3.63, 3.8) is 0 Å². The van der Waals surface area contributed by atoms with Gasteiger partial charge in [0.25, 0.3) is 0 Å². The fraction of sp³-hybridized carbons (Fsp3) is 0.870. The third-order valence-electron chi connectivity index (χ3n) is 15.1. The Kier molecular flexibility index (Phi) is 62.1. The Labute approximate surface area is 467 Å². The summed E-state index contributed by atoms with van der Waals surface area (Å²) in [6, 6.07) is 0. The molecule has 0 aromatic rings. The quantitative estimate of drug-likeness (QED) is 0.0261. The van der Waals surface area contributed by atoms with Gasteiger partial charge in [0.05, 0.1) is 0 Å². The van der Waals surface area contributed by atoms with Crippen LogP contribution in [0.4, 0.5) is 0 Å². The summed E-state index contributed by atoms with van der Waals surface area (Å²) in [5, 5.41) is 0. The first kappa shape index (κ1) is 72.6. The molecule has 0 aliphatic rings. The molecule has 1 atom stereocenters. The molecule has 6 heteroatoms. The molecule has 0 radical (unpaired) electrons. The van der Waals surface area contributed by atoms with E-state index in [4.69, 9.17) is 14.2 Å². The average molecular weight is 1050 g/mol. The fourth-order valence-corrected chi connectivity index (χ4v) is 10.1. The minimum Gasteiger partial charge on any atom is -0.462 e. The van der Waals surface area contributed by atoms with Crippen molar-refractivity contribution in [2.75, 3.05) is 13.2 Å². The lowest BCUT2D eigenvalue weighted by Crippen LogP contribution is -2.30. The van der Waals surface area contributed by atoms with Crippen molar-refractivity contribution >= 4 is 17.9 Å². The molecule has 0 aliphatic carbocycles. The van der Waals surface area contributed by atoms with Crippen molar-refractivity contribution in [3.8, 4) is 0 Å². The van der Waals surface area contributed by atoms with Crippen molar-refractivity contribution in [1.29, 1.82) is 0 Å². The molecule has 440 valence electrons. The lowest BCUT2D eigenvalue weighted by atomic mass is 10.0. The van der Waals surface area contributed by atoms with Gasteiger partial charge in [0, 0.05) is 19.3 Å². The van der Waals surface area contributed by atoms with Gasteiger partial charge in [-0.1, -0.05) is 327 Å². The number of esters is 3. The topological polar surface area (TPSA) is 78.9 Å². The van der Waals surface area contributed by atoms with Crippen molar-refractivity contribution in [2.24, 2.45) is 0 Å². The van der Waals surface area contributed by atoms with Crippen LogP contribution < -0.4 is 0 Å². The molecule has 0 fully saturated rings. The first-order valence-electron chi connectivity index (χ1n) is 33.5. The number of allylic oxidation sites excluding steroid dienone is 6. The normalized spacial score (nSPS) is 12.2. The first-order chi connectivity index (χ1) is 37.0. The SMILES string of the molecule is CCCCCCC/C=C\C/C=C\C/C=C\CCCCCCCCCCC(=O)OC(COC(=O)CCCCCCCCC)COC(=O)CCCCCCCCCCCCCCCCCCCCCCCCCCCCC. The maximum Gasteiger partial charge on any atom is 0.306 e. The Morgan fingerprint density at radius 3 is 0.747 bits per heavy atom. The van der Waals surface area contributed by atoms with Gasteiger partial charge in [-0.15, -0.1) is 0 Å². The van der Waals surface area contributed by atoms with Crippen LogP contribution in [0.1, 0.15) is 367 Å². The predicted molar refractivity (Wildman–Crippen MR) is 326 cm³/mol. The highest BCUT2D eigenvalue weighted by atomic mass is 16.6. The summed E-state index contributed by atoms with van der Waals surface area (Å²) in [5.74, 6) is -0.862. The van der Waals surface area contributed by atoms with E-state index in [1.54, 1.807) is 0 Å². The smallest absolute Gasteiger partial charge is 0.306 e. The Bertz CT molecular complexity index is 1250. The van der Waals surface area contributed by atoms with Gasteiger partial charge >= 0.3 is 17.9 Å². The van der Waals surface area contributed by atoms with Crippen LogP contribution in [-0.2, 0) is 28.6 Å². The minimum atomic E-state index is -0.772. The van der Waals surface area contributed by atoms with E-state index in [0.29, 0.717) is 19.3 Å². The van der Waals surface area contributed by atoms with Crippen LogP contribution in [0.15, 0.2) is 36.5 Å². The van der Waals surface area contributed by atoms with Gasteiger partial charge in [-0.25, -0.2) is 0 Å². The molecule has 0 amide bonds. The molecule has 0 N–H and O–H groups in total. The maximum absolute atomic E-state index is 12.9. The number of unbranched alkanes of at least 4 members (excludes halogenated alkanes) is 45. The molecule has 0 rings (SSSR count). The van der Waals surface area contributed by atoms with Crippen LogP contribution in [0, 0.1) is 0 Å². The summed E-state index contributed by atoms with van der Waals surface area (Å²) >= 11 is 0. The standard InChI is InChI=1S/C69H128O6/c1-4-7-10-13-16-18-20-22-24-26-28-30-32-33-34-35-37-38-40-42-44-46-48-50-53-56-59-62-68(71)74-65-66(64-73-67(70)61-58-55-52-15-12-9-6-3)75-69(72)63-60-57-54-51-49-47-45-43-41-39-36-31-29-27-25-23-21-19-17-14-11-8-5-2/h21,23,27,29,36,39,66H,4-20,22,24-26,28,30-35,37-38,40-65H2,1-3H3/b23-21-,29-27-,39-36-. The van der Waals surface area contributed by atoms with Crippen LogP contribution >= 0.6 is 0 Å². The summed E-state index contributed by atoms with van der Waals surface area (Å²) in [6.07, 6.45) is 79.1. The third kappa shape index (κ3) is 62.4. The summed E-state index contributed by atoms with van der Waals surface area (Å²) in [4.78, 5) is 38.1. The van der Waals surface area contributed by atoms with Crippen LogP contribution in [0.5, 0.6) is 0 Å². The third-order valence-corrected chi connectivity index (χ3v) is 15.1. The Hall–Kier alpha value is -2.37. The lowest BCUT2D eigenvalue weighted by Gasteiger charge is -2.18. The average Bonchev–Trinajstić information content (AvgIpc) is 3.41. The highest BCUT2D eigenvalue weighted by molar-refractivity contribution is 5.71. The summed E-state index contributed by atoms with van der Waals surface area (Å²) in [6.45, 7) is 6.64. The fourth-order valence-electron chi connectivity index (χ4n) is 10.1. The molecule has 0 heterocycles. The van der Waals surface area contributed by atoms with Crippen LogP contribution in [0.25, 0.3) is 0 Å². The maximum atomic E-state index is 12.9. The van der Waals surface area contributed by atoms with Crippen molar-refractivity contribution in [3.05, 3.63) is 36.5 Å². The Balaban J connectivity index is 4.07. The molecular formula is C69H128O6. The monoisotopic (exact) mass is 1050 g/mol.